The Morgan fingerprint density at radius 3 is 2.78 bits per heavy atom. The third-order valence-electron chi connectivity index (χ3n) is 11.0. The summed E-state index contributed by atoms with van der Waals surface area (Å²) in [6.07, 6.45) is 11.1. The number of halogens is 1. The first-order valence-corrected chi connectivity index (χ1v) is 19.9. The first-order valence-electron chi connectivity index (χ1n) is 17.9. The Morgan fingerprint density at radius 2 is 1.98 bits per heavy atom. The summed E-state index contributed by atoms with van der Waals surface area (Å²) in [5.74, 6) is 0.545. The molecule has 3 aromatic rings. The molecular formula is C40H46ClN3O5S. The largest absolute Gasteiger partial charge is 0.490 e. The van der Waals surface area contributed by atoms with Crippen molar-refractivity contribution in [1.82, 2.24) is 4.72 Å². The zero-order chi connectivity index (χ0) is 34.7. The van der Waals surface area contributed by atoms with Crippen LogP contribution in [0.2, 0.25) is 5.02 Å². The fourth-order valence-corrected chi connectivity index (χ4v) is 10.1. The van der Waals surface area contributed by atoms with E-state index in [1.54, 1.807) is 13.2 Å². The fraction of sp³-hybridized carbons (Fsp3) is 0.450. The van der Waals surface area contributed by atoms with E-state index in [1.165, 1.54) is 11.1 Å². The second-order valence-electron chi connectivity index (χ2n) is 14.3. The van der Waals surface area contributed by atoms with Crippen molar-refractivity contribution in [3.05, 3.63) is 106 Å². The minimum absolute atomic E-state index is 0.0319. The minimum Gasteiger partial charge on any atom is -0.490 e. The maximum atomic E-state index is 14.3. The Balaban J connectivity index is 1.24. The van der Waals surface area contributed by atoms with Gasteiger partial charge in [0.25, 0.3) is 5.91 Å². The normalized spacial score (nSPS) is 28.6. The van der Waals surface area contributed by atoms with Crippen LogP contribution in [-0.2, 0) is 37.7 Å². The highest BCUT2D eigenvalue weighted by Gasteiger charge is 2.44. The molecule has 10 heteroatoms. The highest BCUT2D eigenvalue weighted by atomic mass is 35.5. The highest BCUT2D eigenvalue weighted by Crippen LogP contribution is 2.47. The van der Waals surface area contributed by atoms with E-state index >= 15 is 0 Å². The molecule has 2 bridgehead atoms. The quantitative estimate of drug-likeness (QED) is 0.275. The predicted molar refractivity (Wildman–Crippen MR) is 198 cm³/mol. The molecule has 2 amide bonds. The molecule has 1 fully saturated rings. The van der Waals surface area contributed by atoms with Gasteiger partial charge in [-0.3, -0.25) is 14.3 Å². The van der Waals surface area contributed by atoms with E-state index in [4.69, 9.17) is 21.1 Å². The van der Waals surface area contributed by atoms with Crippen molar-refractivity contribution in [3.63, 3.8) is 0 Å². The van der Waals surface area contributed by atoms with Crippen molar-refractivity contribution in [2.24, 2.45) is 16.2 Å². The number of nitrogens with one attached hydrogen (secondary N) is 1. The molecule has 0 unspecified atom stereocenters. The van der Waals surface area contributed by atoms with Crippen LogP contribution in [0.25, 0.3) is 0 Å². The topological polar surface area (TPSA) is 97.3 Å². The van der Waals surface area contributed by atoms with Crippen LogP contribution in [0.3, 0.4) is 0 Å². The lowest BCUT2D eigenvalue weighted by atomic mass is 9.68. The molecule has 8 nitrogen and oxygen atoms in total. The zero-order valence-electron chi connectivity index (χ0n) is 28.7. The molecule has 7 rings (SSSR count). The third kappa shape index (κ3) is 7.51. The summed E-state index contributed by atoms with van der Waals surface area (Å²) in [5, 5.41) is 0.746. The van der Waals surface area contributed by atoms with Gasteiger partial charge in [-0.25, -0.2) is 4.21 Å². The van der Waals surface area contributed by atoms with Crippen molar-refractivity contribution >= 4 is 39.0 Å². The molecule has 264 valence electrons. The molecule has 4 aliphatic rings. The molecule has 5 atom stereocenters. The monoisotopic (exact) mass is 715 g/mol. The van der Waals surface area contributed by atoms with E-state index < -0.39 is 21.7 Å². The van der Waals surface area contributed by atoms with Crippen LogP contribution in [0.4, 0.5) is 5.69 Å². The van der Waals surface area contributed by atoms with Crippen LogP contribution in [0.5, 0.6) is 5.75 Å². The van der Waals surface area contributed by atoms with E-state index in [0.717, 1.165) is 67.2 Å². The second kappa shape index (κ2) is 14.9. The lowest BCUT2D eigenvalue weighted by Crippen LogP contribution is -2.49. The number of nitrogens with zero attached hydrogens (tertiary/aromatic N) is 2. The molecule has 50 heavy (non-hydrogen) atoms. The number of anilines is 1. The molecule has 2 heterocycles. The highest BCUT2D eigenvalue weighted by molar-refractivity contribution is 7.92. The number of carbonyl (C=O) groups is 2. The number of amides is 2. The molecule has 1 N–H and O–H groups in total. The van der Waals surface area contributed by atoms with Gasteiger partial charge in [0, 0.05) is 42.6 Å². The average Bonchev–Trinajstić information content (AvgIpc) is 3.25. The Hall–Kier alpha value is -3.66. The van der Waals surface area contributed by atoms with Gasteiger partial charge in [0.05, 0.1) is 24.2 Å². The summed E-state index contributed by atoms with van der Waals surface area (Å²) in [6, 6.07) is 21.3. The van der Waals surface area contributed by atoms with Gasteiger partial charge >= 0.3 is 0 Å². The van der Waals surface area contributed by atoms with Gasteiger partial charge in [-0.2, -0.15) is 0 Å². The van der Waals surface area contributed by atoms with E-state index in [9.17, 15) is 13.8 Å². The number of rotatable bonds is 5. The van der Waals surface area contributed by atoms with E-state index in [-0.39, 0.29) is 23.7 Å². The summed E-state index contributed by atoms with van der Waals surface area (Å²) in [4.78, 5) is 29.4. The van der Waals surface area contributed by atoms with E-state index in [2.05, 4.69) is 38.3 Å². The maximum absolute atomic E-state index is 14.3. The van der Waals surface area contributed by atoms with Crippen molar-refractivity contribution in [3.8, 4) is 5.75 Å². The number of benzene rings is 3. The predicted octanol–water partition coefficient (Wildman–Crippen LogP) is 7.48. The van der Waals surface area contributed by atoms with Crippen molar-refractivity contribution in [2.45, 2.75) is 69.3 Å². The van der Waals surface area contributed by atoms with Crippen molar-refractivity contribution < 1.29 is 23.3 Å². The summed E-state index contributed by atoms with van der Waals surface area (Å²) >= 11 is 6.45. The van der Waals surface area contributed by atoms with Crippen molar-refractivity contribution in [1.29, 1.82) is 0 Å². The van der Waals surface area contributed by atoms with Crippen LogP contribution < -0.4 is 14.4 Å². The van der Waals surface area contributed by atoms with E-state index in [1.807, 2.05) is 48.5 Å². The van der Waals surface area contributed by atoms with Gasteiger partial charge in [0.15, 0.2) is 0 Å². The average molecular weight is 716 g/mol. The first-order chi connectivity index (χ1) is 24.2. The van der Waals surface area contributed by atoms with Crippen LogP contribution in [0.1, 0.15) is 72.0 Å². The number of hydrogen-bond acceptors (Lipinski definition) is 6. The lowest BCUT2D eigenvalue weighted by molar-refractivity contribution is -0.119. The van der Waals surface area contributed by atoms with Gasteiger partial charge in [-0.05, 0) is 110 Å². The SMILES string of the molecule is CO[C@H]1/C=C/CCC[S@@](=O)(NC(=O)CCc2ccccc2)=NC(=O)c2ccc3c(c2)N(C[C@@H]2CC[C@H]21)C[C@@]1(CCCc2cc(Cl)ccc21)CO3. The molecule has 3 aromatic carbocycles. The molecule has 0 saturated heterocycles. The second-order valence-corrected chi connectivity index (χ2v) is 16.8. The van der Waals surface area contributed by atoms with Gasteiger partial charge in [-0.15, -0.1) is 4.36 Å². The number of fused-ring (bicyclic) bond motifs is 4. The Kier molecular flexibility index (Phi) is 10.4. The third-order valence-corrected chi connectivity index (χ3v) is 13.1. The minimum atomic E-state index is -3.39. The van der Waals surface area contributed by atoms with Crippen LogP contribution in [0.15, 0.2) is 83.2 Å². The van der Waals surface area contributed by atoms with E-state index in [0.29, 0.717) is 43.3 Å². The van der Waals surface area contributed by atoms with Gasteiger partial charge in [-0.1, -0.05) is 60.2 Å². The summed E-state index contributed by atoms with van der Waals surface area (Å²) in [5.41, 5.74) is 4.48. The molecule has 0 aromatic heterocycles. The maximum Gasteiger partial charge on any atom is 0.286 e. The van der Waals surface area contributed by atoms with Crippen LogP contribution >= 0.6 is 11.6 Å². The smallest absolute Gasteiger partial charge is 0.286 e. The Labute approximate surface area is 300 Å². The molecule has 1 spiro atoms. The molecule has 2 aliphatic heterocycles. The molecule has 1 saturated carbocycles. The molecule has 2 aliphatic carbocycles. The fourth-order valence-electron chi connectivity index (χ4n) is 8.25. The summed E-state index contributed by atoms with van der Waals surface area (Å²) in [7, 11) is -1.62. The number of ether oxygens (including phenoxy) is 2. The first kappa shape index (κ1) is 34.8. The Morgan fingerprint density at radius 1 is 1.12 bits per heavy atom. The van der Waals surface area contributed by atoms with Crippen LogP contribution in [-0.4, -0.2) is 54.7 Å². The standard InChI is InChI=1S/C40H46ClN3O5S/c1-48-36-12-6-3-7-22-50(47,42-38(45)20-13-28-9-4-2-5-10-28)43-39(46)30-15-19-37-35(24-30)44(25-31-14-17-33(31)36)26-40(27-49-37)21-8-11-29-23-32(41)16-18-34(29)40/h2,4-6,9-10,12,15-16,18-19,23-24,31,33,36H,3,7-8,11,13-14,17,20-22,25-27H2,1H3,(H,42,43,45,46,47)/b12-6+/t31-,33+,36-,40-,50+/m0/s1. The number of hydrogen-bond donors (Lipinski definition) is 1. The Bertz CT molecular complexity index is 1890. The lowest BCUT2D eigenvalue weighted by Gasteiger charge is -2.46. The van der Waals surface area contributed by atoms with Gasteiger partial charge < -0.3 is 14.4 Å². The summed E-state index contributed by atoms with van der Waals surface area (Å²) in [6.45, 7) is 2.04. The zero-order valence-corrected chi connectivity index (χ0v) is 30.2. The van der Waals surface area contributed by atoms with Crippen molar-refractivity contribution in [2.75, 3.05) is 37.5 Å². The van der Waals surface area contributed by atoms with Gasteiger partial charge in [0.2, 0.25) is 5.91 Å². The number of carbonyl (C=O) groups excluding carboxylic acids is 2. The summed E-state index contributed by atoms with van der Waals surface area (Å²) < 4.78 is 33.8. The number of aryl methyl sites for hydroxylation is 2. The molecule has 0 radical (unpaired) electrons. The number of allylic oxidation sites excluding steroid dienone is 1. The number of methoxy groups -OCH3 is 1. The van der Waals surface area contributed by atoms with Crippen LogP contribution in [0, 0.1) is 11.8 Å². The van der Waals surface area contributed by atoms with Gasteiger partial charge in [0.1, 0.15) is 15.7 Å². The molecular weight excluding hydrogens is 670 g/mol.